The Morgan fingerprint density at radius 3 is 2.33 bits per heavy atom. The Kier molecular flexibility index (Phi) is 4.61. The van der Waals surface area contributed by atoms with E-state index < -0.39 is 0 Å². The van der Waals surface area contributed by atoms with Crippen LogP contribution in [-0.2, 0) is 11.3 Å². The smallest absolute Gasteiger partial charge is 0.118 e. The molecule has 0 radical (unpaired) electrons. The Balaban J connectivity index is 1.83. The van der Waals surface area contributed by atoms with Gasteiger partial charge in [-0.25, -0.2) is 0 Å². The molecular formula is C15H23NO2. The van der Waals surface area contributed by atoms with Gasteiger partial charge in [0.05, 0.1) is 19.3 Å². The van der Waals surface area contributed by atoms with Crippen LogP contribution in [0.15, 0.2) is 24.3 Å². The maximum absolute atomic E-state index is 5.74. The van der Waals surface area contributed by atoms with Gasteiger partial charge in [0.2, 0.25) is 0 Å². The second-order valence-electron chi connectivity index (χ2n) is 5.15. The van der Waals surface area contributed by atoms with Gasteiger partial charge in [-0.1, -0.05) is 12.1 Å². The number of hydrogen-bond donors (Lipinski definition) is 1. The van der Waals surface area contributed by atoms with Gasteiger partial charge in [0.1, 0.15) is 5.75 Å². The van der Waals surface area contributed by atoms with E-state index in [9.17, 15) is 0 Å². The van der Waals surface area contributed by atoms with Gasteiger partial charge in [-0.15, -0.1) is 0 Å². The number of nitrogens with one attached hydrogen (secondary N) is 1. The van der Waals surface area contributed by atoms with Crippen LogP contribution < -0.4 is 10.1 Å². The highest BCUT2D eigenvalue weighted by molar-refractivity contribution is 5.27. The highest BCUT2D eigenvalue weighted by Gasteiger charge is 2.23. The number of benzene rings is 1. The topological polar surface area (TPSA) is 30.5 Å². The monoisotopic (exact) mass is 249 g/mol. The molecule has 1 aromatic rings. The minimum absolute atomic E-state index is 0.363. The number of rotatable bonds is 4. The lowest BCUT2D eigenvalue weighted by atomic mass is 9.99. The molecule has 1 fully saturated rings. The van der Waals surface area contributed by atoms with Crippen LogP contribution in [0.25, 0.3) is 0 Å². The summed E-state index contributed by atoms with van der Waals surface area (Å²) in [6.07, 6.45) is 2.92. The third-order valence-corrected chi connectivity index (χ3v) is 3.45. The van der Waals surface area contributed by atoms with Crippen molar-refractivity contribution in [2.75, 3.05) is 7.11 Å². The van der Waals surface area contributed by atoms with Crippen molar-refractivity contribution in [2.45, 2.75) is 51.5 Å². The summed E-state index contributed by atoms with van der Waals surface area (Å²) in [5.74, 6) is 0.909. The van der Waals surface area contributed by atoms with Crippen LogP contribution >= 0.6 is 0 Å². The minimum Gasteiger partial charge on any atom is -0.497 e. The first-order chi connectivity index (χ1) is 8.67. The Bertz CT molecular complexity index is 353. The fourth-order valence-corrected chi connectivity index (χ4v) is 2.58. The molecule has 0 saturated carbocycles. The second kappa shape index (κ2) is 6.21. The summed E-state index contributed by atoms with van der Waals surface area (Å²) in [7, 11) is 1.69. The molecule has 1 N–H and O–H groups in total. The zero-order valence-electron chi connectivity index (χ0n) is 11.5. The van der Waals surface area contributed by atoms with E-state index in [0.29, 0.717) is 18.2 Å². The summed E-state index contributed by atoms with van der Waals surface area (Å²) >= 11 is 0. The van der Waals surface area contributed by atoms with Gasteiger partial charge in [-0.2, -0.15) is 0 Å². The molecule has 3 nitrogen and oxygen atoms in total. The van der Waals surface area contributed by atoms with E-state index in [1.54, 1.807) is 7.11 Å². The van der Waals surface area contributed by atoms with E-state index in [-0.39, 0.29) is 0 Å². The lowest BCUT2D eigenvalue weighted by molar-refractivity contribution is -0.0422. The number of hydrogen-bond acceptors (Lipinski definition) is 3. The van der Waals surface area contributed by atoms with Crippen molar-refractivity contribution in [1.82, 2.24) is 5.32 Å². The molecule has 1 heterocycles. The molecule has 1 aliphatic rings. The van der Waals surface area contributed by atoms with Gasteiger partial charge in [-0.05, 0) is 44.4 Å². The summed E-state index contributed by atoms with van der Waals surface area (Å²) in [6.45, 7) is 5.21. The Hall–Kier alpha value is -1.06. The van der Waals surface area contributed by atoms with Crippen LogP contribution in [0.1, 0.15) is 32.3 Å². The zero-order chi connectivity index (χ0) is 13.0. The molecule has 1 aromatic carbocycles. The van der Waals surface area contributed by atoms with Crippen LogP contribution in [0.4, 0.5) is 0 Å². The van der Waals surface area contributed by atoms with Crippen molar-refractivity contribution < 1.29 is 9.47 Å². The highest BCUT2D eigenvalue weighted by Crippen LogP contribution is 2.19. The standard InChI is InChI=1S/C15H23NO2/c1-11-8-14(9-12(2)18-11)16-10-13-4-6-15(17-3)7-5-13/h4-7,11-12,14,16H,8-10H2,1-3H3. The maximum atomic E-state index is 5.74. The van der Waals surface area contributed by atoms with Crippen molar-refractivity contribution >= 4 is 0 Å². The van der Waals surface area contributed by atoms with Gasteiger partial charge in [0.25, 0.3) is 0 Å². The number of methoxy groups -OCH3 is 1. The van der Waals surface area contributed by atoms with Crippen LogP contribution in [-0.4, -0.2) is 25.4 Å². The molecule has 1 saturated heterocycles. The molecule has 0 aliphatic carbocycles. The third-order valence-electron chi connectivity index (χ3n) is 3.45. The van der Waals surface area contributed by atoms with Crippen molar-refractivity contribution in [1.29, 1.82) is 0 Å². The fourth-order valence-electron chi connectivity index (χ4n) is 2.58. The molecule has 1 aliphatic heterocycles. The predicted molar refractivity (Wildman–Crippen MR) is 72.9 cm³/mol. The normalized spacial score (nSPS) is 28.1. The molecule has 3 heteroatoms. The molecule has 0 spiro atoms. The second-order valence-corrected chi connectivity index (χ2v) is 5.15. The Morgan fingerprint density at radius 1 is 1.17 bits per heavy atom. The first-order valence-electron chi connectivity index (χ1n) is 6.69. The van der Waals surface area contributed by atoms with E-state index in [2.05, 4.69) is 31.3 Å². The highest BCUT2D eigenvalue weighted by atomic mass is 16.5. The summed E-state index contributed by atoms with van der Waals surface area (Å²) < 4.78 is 10.9. The predicted octanol–water partition coefficient (Wildman–Crippen LogP) is 2.74. The molecule has 100 valence electrons. The van der Waals surface area contributed by atoms with Crippen LogP contribution in [0.5, 0.6) is 5.75 Å². The average molecular weight is 249 g/mol. The molecule has 0 aromatic heterocycles. The van der Waals surface area contributed by atoms with Gasteiger partial charge >= 0.3 is 0 Å². The summed E-state index contributed by atoms with van der Waals surface area (Å²) in [6, 6.07) is 8.79. The van der Waals surface area contributed by atoms with E-state index >= 15 is 0 Å². The van der Waals surface area contributed by atoms with Crippen LogP contribution in [0.2, 0.25) is 0 Å². The quantitative estimate of drug-likeness (QED) is 0.890. The summed E-state index contributed by atoms with van der Waals surface area (Å²) in [4.78, 5) is 0. The molecule has 18 heavy (non-hydrogen) atoms. The molecule has 2 unspecified atom stereocenters. The van der Waals surface area contributed by atoms with Crippen molar-refractivity contribution in [2.24, 2.45) is 0 Å². The van der Waals surface area contributed by atoms with Crippen molar-refractivity contribution in [3.05, 3.63) is 29.8 Å². The maximum Gasteiger partial charge on any atom is 0.118 e. The molecule has 2 atom stereocenters. The van der Waals surface area contributed by atoms with Gasteiger partial charge in [-0.3, -0.25) is 0 Å². The lowest BCUT2D eigenvalue weighted by Gasteiger charge is -2.32. The molecule has 2 rings (SSSR count). The van der Waals surface area contributed by atoms with Crippen molar-refractivity contribution in [3.8, 4) is 5.75 Å². The lowest BCUT2D eigenvalue weighted by Crippen LogP contribution is -2.40. The number of ether oxygens (including phenoxy) is 2. The van der Waals surface area contributed by atoms with Crippen LogP contribution in [0.3, 0.4) is 0 Å². The third kappa shape index (κ3) is 3.72. The average Bonchev–Trinajstić information content (AvgIpc) is 2.36. The van der Waals surface area contributed by atoms with E-state index in [0.717, 1.165) is 25.1 Å². The van der Waals surface area contributed by atoms with E-state index in [1.807, 2.05) is 12.1 Å². The Morgan fingerprint density at radius 2 is 1.78 bits per heavy atom. The molecule has 0 bridgehead atoms. The van der Waals surface area contributed by atoms with E-state index in [1.165, 1.54) is 5.56 Å². The molecule has 0 amide bonds. The first kappa shape index (κ1) is 13.4. The van der Waals surface area contributed by atoms with Gasteiger partial charge < -0.3 is 14.8 Å². The summed E-state index contributed by atoms with van der Waals surface area (Å²) in [5.41, 5.74) is 1.29. The first-order valence-corrected chi connectivity index (χ1v) is 6.69. The SMILES string of the molecule is COc1ccc(CNC2CC(C)OC(C)C2)cc1. The minimum atomic E-state index is 0.363. The van der Waals surface area contributed by atoms with Gasteiger partial charge in [0.15, 0.2) is 0 Å². The van der Waals surface area contributed by atoms with E-state index in [4.69, 9.17) is 9.47 Å². The van der Waals surface area contributed by atoms with Crippen LogP contribution in [0, 0.1) is 0 Å². The Labute approximate surface area is 109 Å². The largest absolute Gasteiger partial charge is 0.497 e. The van der Waals surface area contributed by atoms with Gasteiger partial charge in [0, 0.05) is 12.6 Å². The fraction of sp³-hybridized carbons (Fsp3) is 0.600. The molecular weight excluding hydrogens is 226 g/mol. The zero-order valence-corrected chi connectivity index (χ0v) is 11.5. The summed E-state index contributed by atoms with van der Waals surface area (Å²) in [5, 5.41) is 3.62. The van der Waals surface area contributed by atoms with Crippen molar-refractivity contribution in [3.63, 3.8) is 0 Å².